The maximum absolute atomic E-state index is 13.9. The second kappa shape index (κ2) is 10.1. The van der Waals surface area contributed by atoms with Crippen LogP contribution in [0, 0.1) is 11.3 Å². The van der Waals surface area contributed by atoms with Gasteiger partial charge in [-0.2, -0.15) is 8.42 Å². The molecule has 1 fully saturated rings. The number of aromatic nitrogens is 2. The number of anilines is 2. The minimum atomic E-state index is -4.31. The molecule has 1 amide bonds. The van der Waals surface area contributed by atoms with Gasteiger partial charge < -0.3 is 15.7 Å². The number of pyridine rings is 2. The molecule has 1 aliphatic carbocycles. The summed E-state index contributed by atoms with van der Waals surface area (Å²) in [5.74, 6) is 0.0582. The highest BCUT2D eigenvalue weighted by molar-refractivity contribution is 7.90. The molecule has 4 rings (SSSR count). The zero-order valence-electron chi connectivity index (χ0n) is 24.9. The molecule has 1 aliphatic heterocycles. The molecule has 2 aromatic heterocycles. The van der Waals surface area contributed by atoms with E-state index in [1.54, 1.807) is 6.07 Å². The Morgan fingerprint density at radius 3 is 2.38 bits per heavy atom. The zero-order valence-corrected chi connectivity index (χ0v) is 25.7. The molecule has 0 spiro atoms. The lowest BCUT2D eigenvalue weighted by Gasteiger charge is -2.37. The molecule has 0 bridgehead atoms. The number of nitrogens with one attached hydrogen (secondary N) is 1. The van der Waals surface area contributed by atoms with Crippen molar-refractivity contribution in [3.05, 3.63) is 47.2 Å². The Kier molecular flexibility index (Phi) is 7.60. The number of nitrogen functional groups attached to an aromatic ring is 1. The minimum Gasteiger partial charge on any atom is -0.389 e. The summed E-state index contributed by atoms with van der Waals surface area (Å²) >= 11 is 0. The fraction of sp³-hybridized carbons (Fsp3) is 0.567. The van der Waals surface area contributed by atoms with Crippen LogP contribution in [0.25, 0.3) is 5.57 Å². The summed E-state index contributed by atoms with van der Waals surface area (Å²) in [4.78, 5) is 25.1. The average molecular weight is 570 g/mol. The number of aliphatic hydroxyl groups is 1. The highest BCUT2D eigenvalue weighted by Crippen LogP contribution is 2.45. The molecule has 0 aromatic carbocycles. The SMILES string of the molecule is CC1CN(c2nc(C(C)(C)C)c(C3=CC(O)CC(C)(C)C3)cc2C(=O)NS(=O)(=O)c2cccc(N)n2)C(C)(C)C1. The molecule has 0 radical (unpaired) electrons. The molecular weight excluding hydrogens is 526 g/mol. The van der Waals surface area contributed by atoms with Gasteiger partial charge in [-0.25, -0.2) is 14.7 Å². The highest BCUT2D eigenvalue weighted by atomic mass is 32.2. The third kappa shape index (κ3) is 6.17. The Morgan fingerprint density at radius 1 is 1.15 bits per heavy atom. The summed E-state index contributed by atoms with van der Waals surface area (Å²) in [7, 11) is -4.31. The maximum atomic E-state index is 13.9. The lowest BCUT2D eigenvalue weighted by Crippen LogP contribution is -2.41. The Hall–Kier alpha value is -2.98. The van der Waals surface area contributed by atoms with Gasteiger partial charge in [0, 0.05) is 23.1 Å². The van der Waals surface area contributed by atoms with E-state index in [1.807, 2.05) is 6.08 Å². The normalized spacial score (nSPS) is 22.6. The molecule has 40 heavy (non-hydrogen) atoms. The Labute approximate surface area is 238 Å². The molecule has 218 valence electrons. The van der Waals surface area contributed by atoms with Crippen molar-refractivity contribution < 1.29 is 18.3 Å². The lowest BCUT2D eigenvalue weighted by atomic mass is 9.73. The van der Waals surface area contributed by atoms with Gasteiger partial charge in [-0.05, 0) is 68.2 Å². The number of nitrogens with zero attached hydrogens (tertiary/aromatic N) is 3. The highest BCUT2D eigenvalue weighted by Gasteiger charge is 2.41. The van der Waals surface area contributed by atoms with Gasteiger partial charge in [-0.1, -0.05) is 53.7 Å². The van der Waals surface area contributed by atoms with Gasteiger partial charge >= 0.3 is 0 Å². The molecule has 2 aromatic rings. The van der Waals surface area contributed by atoms with E-state index in [4.69, 9.17) is 10.7 Å². The monoisotopic (exact) mass is 569 g/mol. The van der Waals surface area contributed by atoms with E-state index >= 15 is 0 Å². The fourth-order valence-electron chi connectivity index (χ4n) is 6.15. The summed E-state index contributed by atoms with van der Waals surface area (Å²) in [6, 6.07) is 6.01. The van der Waals surface area contributed by atoms with Crippen LogP contribution >= 0.6 is 0 Å². The number of carbonyl (C=O) groups excluding carboxylic acids is 1. The van der Waals surface area contributed by atoms with Gasteiger partial charge in [0.2, 0.25) is 0 Å². The summed E-state index contributed by atoms with van der Waals surface area (Å²) < 4.78 is 28.6. The van der Waals surface area contributed by atoms with Crippen LogP contribution in [0.15, 0.2) is 35.4 Å². The van der Waals surface area contributed by atoms with E-state index in [0.717, 1.165) is 23.3 Å². The first-order valence-corrected chi connectivity index (χ1v) is 15.3. The standard InChI is InChI=1S/C30H43N5O4S/c1-18-14-30(7,8)35(17-18)26-22(27(37)34-40(38,39)24-11-9-10-23(31)32-24)13-21(25(33-26)28(2,3)4)19-12-20(36)16-29(5,6)15-19/h9-13,18,20,36H,14-17H2,1-8H3,(H2,31,32)(H,34,37). The number of hydrogen-bond donors (Lipinski definition) is 3. The second-order valence-corrected chi connectivity index (χ2v) is 15.5. The van der Waals surface area contributed by atoms with Crippen molar-refractivity contribution >= 4 is 33.1 Å². The Balaban J connectivity index is 1.93. The van der Waals surface area contributed by atoms with Gasteiger partial charge in [-0.15, -0.1) is 0 Å². The van der Waals surface area contributed by atoms with Crippen molar-refractivity contribution in [1.29, 1.82) is 0 Å². The summed E-state index contributed by atoms with van der Waals surface area (Å²) in [5.41, 5.74) is 7.47. The topological polar surface area (TPSA) is 139 Å². The van der Waals surface area contributed by atoms with E-state index < -0.39 is 22.0 Å². The predicted molar refractivity (Wildman–Crippen MR) is 158 cm³/mol. The minimum absolute atomic E-state index is 0.0349. The number of hydrogen-bond acceptors (Lipinski definition) is 8. The lowest BCUT2D eigenvalue weighted by molar-refractivity contribution is 0.0981. The first-order valence-electron chi connectivity index (χ1n) is 13.8. The van der Waals surface area contributed by atoms with Crippen molar-refractivity contribution in [3.8, 4) is 0 Å². The van der Waals surface area contributed by atoms with Gasteiger partial charge in [0.25, 0.3) is 15.9 Å². The number of amides is 1. The number of nitrogens with two attached hydrogens (primary N) is 1. The average Bonchev–Trinajstić information content (AvgIpc) is 3.07. The Bertz CT molecular complexity index is 1460. The molecule has 10 heteroatoms. The number of aliphatic hydroxyl groups excluding tert-OH is 1. The van der Waals surface area contributed by atoms with E-state index in [-0.39, 0.29) is 32.8 Å². The van der Waals surface area contributed by atoms with E-state index in [1.165, 1.54) is 18.2 Å². The van der Waals surface area contributed by atoms with Crippen molar-refractivity contribution in [1.82, 2.24) is 14.7 Å². The van der Waals surface area contributed by atoms with Crippen LogP contribution in [0.1, 0.15) is 96.3 Å². The number of carbonyl (C=O) groups is 1. The third-order valence-electron chi connectivity index (χ3n) is 7.70. The smallest absolute Gasteiger partial charge is 0.281 e. The molecular formula is C30H43N5O4S. The molecule has 2 atom stereocenters. The van der Waals surface area contributed by atoms with E-state index in [0.29, 0.717) is 31.1 Å². The molecule has 9 nitrogen and oxygen atoms in total. The van der Waals surface area contributed by atoms with Crippen LogP contribution in [-0.2, 0) is 15.4 Å². The van der Waals surface area contributed by atoms with Crippen molar-refractivity contribution in [2.45, 2.75) is 96.7 Å². The summed E-state index contributed by atoms with van der Waals surface area (Å²) in [6.45, 7) is 17.5. The summed E-state index contributed by atoms with van der Waals surface area (Å²) in [6.07, 6.45) is 3.43. The fourth-order valence-corrected chi connectivity index (χ4v) is 7.09. The Morgan fingerprint density at radius 2 is 1.82 bits per heavy atom. The molecule has 0 saturated carbocycles. The van der Waals surface area contributed by atoms with Crippen LogP contribution in [0.2, 0.25) is 0 Å². The third-order valence-corrected chi connectivity index (χ3v) is 8.94. The van der Waals surface area contributed by atoms with Gasteiger partial charge in [0.15, 0.2) is 5.03 Å². The zero-order chi connectivity index (χ0) is 29.8. The number of sulfonamides is 1. The first-order chi connectivity index (χ1) is 18.3. The van der Waals surface area contributed by atoms with Crippen LogP contribution in [0.5, 0.6) is 0 Å². The van der Waals surface area contributed by atoms with Crippen LogP contribution in [0.3, 0.4) is 0 Å². The second-order valence-electron chi connectivity index (χ2n) is 13.9. The molecule has 4 N–H and O–H groups in total. The van der Waals surface area contributed by atoms with E-state index in [9.17, 15) is 18.3 Å². The largest absolute Gasteiger partial charge is 0.389 e. The first kappa shape index (κ1) is 30.0. The predicted octanol–water partition coefficient (Wildman–Crippen LogP) is 4.66. The van der Waals surface area contributed by atoms with Crippen molar-refractivity contribution in [3.63, 3.8) is 0 Å². The van der Waals surface area contributed by atoms with Crippen LogP contribution < -0.4 is 15.4 Å². The number of allylic oxidation sites excluding steroid dienone is 1. The van der Waals surface area contributed by atoms with Crippen LogP contribution in [0.4, 0.5) is 11.6 Å². The van der Waals surface area contributed by atoms with Crippen LogP contribution in [-0.4, -0.2) is 47.6 Å². The van der Waals surface area contributed by atoms with Gasteiger partial charge in [-0.3, -0.25) is 4.79 Å². The quantitative estimate of drug-likeness (QED) is 0.472. The van der Waals surface area contributed by atoms with Gasteiger partial charge in [0.05, 0.1) is 17.4 Å². The van der Waals surface area contributed by atoms with Crippen molar-refractivity contribution in [2.75, 3.05) is 17.2 Å². The van der Waals surface area contributed by atoms with E-state index in [2.05, 4.69) is 70.0 Å². The maximum Gasteiger partial charge on any atom is 0.281 e. The molecule has 2 unspecified atom stereocenters. The van der Waals surface area contributed by atoms with Gasteiger partial charge in [0.1, 0.15) is 11.6 Å². The van der Waals surface area contributed by atoms with Crippen molar-refractivity contribution in [2.24, 2.45) is 11.3 Å². The summed E-state index contributed by atoms with van der Waals surface area (Å²) in [5, 5.41) is 10.4. The molecule has 3 heterocycles. The number of rotatable bonds is 5. The molecule has 2 aliphatic rings. The molecule has 1 saturated heterocycles.